The number of nitrogens with zero attached hydrogens (tertiary/aromatic N) is 4. The molecule has 3 N–H and O–H groups in total. The van der Waals surface area contributed by atoms with Gasteiger partial charge in [0.1, 0.15) is 0 Å². The summed E-state index contributed by atoms with van der Waals surface area (Å²) in [7, 11) is 3.87. The van der Waals surface area contributed by atoms with Crippen molar-refractivity contribution in [3.05, 3.63) is 77.7 Å². The molecular formula is C27H30ClN7O2. The van der Waals surface area contributed by atoms with Gasteiger partial charge in [-0.1, -0.05) is 17.7 Å². The lowest BCUT2D eigenvalue weighted by Crippen LogP contribution is -2.34. The van der Waals surface area contributed by atoms with E-state index in [0.717, 1.165) is 24.8 Å². The Labute approximate surface area is 221 Å². The third-order valence-corrected chi connectivity index (χ3v) is 6.21. The number of pyridine rings is 1. The first kappa shape index (κ1) is 26.2. The SMILES string of the molecule is CN(C)C/C=C/C(=O)Nc1ccc(C(=O)NC2CC[C@H](Nc3ncc(Cl)c(-c4cccnc4)n3)C2)cc1. The van der Waals surface area contributed by atoms with E-state index in [1.165, 1.54) is 6.08 Å². The van der Waals surface area contributed by atoms with E-state index >= 15 is 0 Å². The Morgan fingerprint density at radius 2 is 1.89 bits per heavy atom. The summed E-state index contributed by atoms with van der Waals surface area (Å²) in [6, 6.07) is 10.8. The van der Waals surface area contributed by atoms with E-state index in [2.05, 4.69) is 30.9 Å². The highest BCUT2D eigenvalue weighted by Gasteiger charge is 2.27. The second kappa shape index (κ2) is 12.4. The monoisotopic (exact) mass is 519 g/mol. The quantitative estimate of drug-likeness (QED) is 0.366. The zero-order valence-electron chi connectivity index (χ0n) is 20.8. The van der Waals surface area contributed by atoms with E-state index in [1.807, 2.05) is 31.1 Å². The molecule has 9 nitrogen and oxygen atoms in total. The molecule has 192 valence electrons. The molecule has 0 aliphatic heterocycles. The number of aromatic nitrogens is 3. The van der Waals surface area contributed by atoms with Gasteiger partial charge >= 0.3 is 0 Å². The molecule has 10 heteroatoms. The predicted molar refractivity (Wildman–Crippen MR) is 146 cm³/mol. The normalized spacial score (nSPS) is 17.2. The maximum Gasteiger partial charge on any atom is 0.251 e. The van der Waals surface area contributed by atoms with Gasteiger partial charge in [-0.3, -0.25) is 14.6 Å². The number of carbonyl (C=O) groups excluding carboxylic acids is 2. The lowest BCUT2D eigenvalue weighted by atomic mass is 10.1. The predicted octanol–water partition coefficient (Wildman–Crippen LogP) is 4.01. The summed E-state index contributed by atoms with van der Waals surface area (Å²) in [6.07, 6.45) is 10.8. The van der Waals surface area contributed by atoms with E-state index in [4.69, 9.17) is 11.6 Å². The molecule has 1 unspecified atom stereocenters. The minimum absolute atomic E-state index is 0.0382. The zero-order chi connectivity index (χ0) is 26.2. The van der Waals surface area contributed by atoms with Gasteiger partial charge in [0.05, 0.1) is 16.9 Å². The van der Waals surface area contributed by atoms with Crippen LogP contribution in [-0.2, 0) is 4.79 Å². The second-order valence-electron chi connectivity index (χ2n) is 9.19. The van der Waals surface area contributed by atoms with Crippen LogP contribution in [0.5, 0.6) is 0 Å². The minimum atomic E-state index is -0.208. The number of hydrogen-bond donors (Lipinski definition) is 3. The number of benzene rings is 1. The maximum absolute atomic E-state index is 12.8. The molecule has 2 atom stereocenters. The fourth-order valence-corrected chi connectivity index (χ4v) is 4.30. The standard InChI is InChI=1S/C27H30ClN7O2/c1-35(2)14-4-6-24(36)31-20-9-7-18(8-10-20)26(37)32-21-11-12-22(15-21)33-27-30-17-23(28)25(34-27)19-5-3-13-29-16-19/h3-10,13,16-17,21-22H,11-12,14-15H2,1-2H3,(H,31,36)(H,32,37)(H,30,33,34)/b6-4+/t21?,22-/m0/s1. The van der Waals surface area contributed by atoms with Crippen molar-refractivity contribution in [3.63, 3.8) is 0 Å². The molecule has 1 saturated carbocycles. The van der Waals surface area contributed by atoms with Gasteiger partial charge in [-0.25, -0.2) is 9.97 Å². The van der Waals surface area contributed by atoms with Gasteiger partial charge in [-0.2, -0.15) is 0 Å². The largest absolute Gasteiger partial charge is 0.351 e. The molecule has 37 heavy (non-hydrogen) atoms. The molecule has 1 aliphatic carbocycles. The van der Waals surface area contributed by atoms with Gasteiger partial charge < -0.3 is 20.9 Å². The molecule has 2 aromatic heterocycles. The summed E-state index contributed by atoms with van der Waals surface area (Å²) in [5, 5.41) is 9.72. The van der Waals surface area contributed by atoms with Crippen molar-refractivity contribution in [3.8, 4) is 11.3 Å². The molecule has 0 spiro atoms. The molecule has 0 saturated heterocycles. The third-order valence-electron chi connectivity index (χ3n) is 5.93. The summed E-state index contributed by atoms with van der Waals surface area (Å²) in [5.41, 5.74) is 2.62. The molecule has 4 rings (SSSR count). The fraction of sp³-hybridized carbons (Fsp3) is 0.296. The smallest absolute Gasteiger partial charge is 0.251 e. The lowest BCUT2D eigenvalue weighted by Gasteiger charge is -2.15. The Morgan fingerprint density at radius 1 is 1.11 bits per heavy atom. The van der Waals surface area contributed by atoms with Crippen LogP contribution in [-0.4, -0.2) is 64.4 Å². The van der Waals surface area contributed by atoms with E-state index < -0.39 is 0 Å². The first-order chi connectivity index (χ1) is 17.9. The van der Waals surface area contributed by atoms with Gasteiger partial charge in [0.15, 0.2) is 0 Å². The van der Waals surface area contributed by atoms with Crippen molar-refractivity contribution in [2.24, 2.45) is 0 Å². The first-order valence-corrected chi connectivity index (χ1v) is 12.5. The fourth-order valence-electron chi connectivity index (χ4n) is 4.10. The molecule has 0 bridgehead atoms. The summed E-state index contributed by atoms with van der Waals surface area (Å²) in [4.78, 5) is 39.7. The molecule has 2 heterocycles. The Balaban J connectivity index is 1.28. The van der Waals surface area contributed by atoms with Crippen LogP contribution >= 0.6 is 11.6 Å². The minimum Gasteiger partial charge on any atom is -0.351 e. The number of hydrogen-bond acceptors (Lipinski definition) is 7. The van der Waals surface area contributed by atoms with Gasteiger partial charge in [0.2, 0.25) is 11.9 Å². The van der Waals surface area contributed by atoms with Crippen molar-refractivity contribution in [1.82, 2.24) is 25.2 Å². The number of nitrogens with one attached hydrogen (secondary N) is 3. The molecule has 1 aliphatic rings. The number of likely N-dealkylation sites (N-methyl/N-ethyl adjacent to an activating group) is 1. The van der Waals surface area contributed by atoms with E-state index in [1.54, 1.807) is 48.9 Å². The van der Waals surface area contributed by atoms with Crippen LogP contribution in [0.3, 0.4) is 0 Å². The number of rotatable bonds is 9. The Kier molecular flexibility index (Phi) is 8.81. The highest BCUT2D eigenvalue weighted by molar-refractivity contribution is 6.32. The molecule has 0 radical (unpaired) electrons. The van der Waals surface area contributed by atoms with Gasteiger partial charge in [0.25, 0.3) is 5.91 Å². The first-order valence-electron chi connectivity index (χ1n) is 12.1. The topological polar surface area (TPSA) is 112 Å². The zero-order valence-corrected chi connectivity index (χ0v) is 21.6. The van der Waals surface area contributed by atoms with E-state index in [-0.39, 0.29) is 23.9 Å². The summed E-state index contributed by atoms with van der Waals surface area (Å²) in [6.45, 7) is 0.684. The highest BCUT2D eigenvalue weighted by Crippen LogP contribution is 2.27. The van der Waals surface area contributed by atoms with Gasteiger partial charge in [-0.05, 0) is 69.8 Å². The Morgan fingerprint density at radius 3 is 2.62 bits per heavy atom. The summed E-state index contributed by atoms with van der Waals surface area (Å²) >= 11 is 6.30. The van der Waals surface area contributed by atoms with Gasteiger partial charge in [0, 0.05) is 53.9 Å². The molecule has 1 aromatic carbocycles. The number of halogens is 1. The van der Waals surface area contributed by atoms with Crippen LogP contribution in [0.15, 0.2) is 67.1 Å². The highest BCUT2D eigenvalue weighted by atomic mass is 35.5. The number of anilines is 2. The van der Waals surface area contributed by atoms with Crippen LogP contribution in [0.4, 0.5) is 11.6 Å². The second-order valence-corrected chi connectivity index (χ2v) is 9.59. The van der Waals surface area contributed by atoms with Gasteiger partial charge in [-0.15, -0.1) is 0 Å². The molecule has 2 amide bonds. The summed E-state index contributed by atoms with van der Waals surface area (Å²) < 4.78 is 0. The molecular weight excluding hydrogens is 490 g/mol. The maximum atomic E-state index is 12.8. The Hall–Kier alpha value is -3.82. The van der Waals surface area contributed by atoms with Crippen molar-refractivity contribution < 1.29 is 9.59 Å². The van der Waals surface area contributed by atoms with Crippen LogP contribution in [0, 0.1) is 0 Å². The van der Waals surface area contributed by atoms with E-state index in [0.29, 0.717) is 34.5 Å². The summed E-state index contributed by atoms with van der Waals surface area (Å²) in [5.74, 6) is 0.145. The molecule has 1 fully saturated rings. The number of amides is 2. The average Bonchev–Trinajstić information content (AvgIpc) is 3.32. The average molecular weight is 520 g/mol. The Bertz CT molecular complexity index is 1250. The van der Waals surface area contributed by atoms with Crippen LogP contribution < -0.4 is 16.0 Å². The third kappa shape index (κ3) is 7.58. The number of carbonyl (C=O) groups is 2. The lowest BCUT2D eigenvalue weighted by molar-refractivity contribution is -0.111. The van der Waals surface area contributed by atoms with E-state index in [9.17, 15) is 9.59 Å². The van der Waals surface area contributed by atoms with Crippen LogP contribution in [0.2, 0.25) is 5.02 Å². The van der Waals surface area contributed by atoms with Crippen LogP contribution in [0.25, 0.3) is 11.3 Å². The van der Waals surface area contributed by atoms with Crippen molar-refractivity contribution in [1.29, 1.82) is 0 Å². The van der Waals surface area contributed by atoms with Crippen molar-refractivity contribution >= 4 is 35.1 Å². The molecule has 3 aromatic rings. The van der Waals surface area contributed by atoms with Crippen molar-refractivity contribution in [2.45, 2.75) is 31.3 Å². The van der Waals surface area contributed by atoms with Crippen molar-refractivity contribution in [2.75, 3.05) is 31.3 Å². The van der Waals surface area contributed by atoms with Crippen LogP contribution in [0.1, 0.15) is 29.6 Å².